The lowest BCUT2D eigenvalue weighted by atomic mass is 10.1. The Labute approximate surface area is 132 Å². The Kier molecular flexibility index (Phi) is 5.18. The molecule has 0 fully saturated rings. The summed E-state index contributed by atoms with van der Waals surface area (Å²) in [7, 11) is -3.72. The van der Waals surface area contributed by atoms with Gasteiger partial charge in [-0.1, -0.05) is 47.5 Å². The number of aliphatic hydroxyl groups excluding tert-OH is 1. The Hall–Kier alpha value is -1.18. The van der Waals surface area contributed by atoms with E-state index in [1.807, 2.05) is 0 Å². The highest BCUT2D eigenvalue weighted by Crippen LogP contribution is 2.22. The fourth-order valence-electron chi connectivity index (χ4n) is 1.57. The summed E-state index contributed by atoms with van der Waals surface area (Å²) in [6.07, 6.45) is 1.14. The number of rotatable bonds is 5. The summed E-state index contributed by atoms with van der Waals surface area (Å²) in [6, 6.07) is 8.17. The Morgan fingerprint density at radius 3 is 2.33 bits per heavy atom. The molecular formula is C13H12Cl2N2O3S. The van der Waals surface area contributed by atoms with Gasteiger partial charge in [0.05, 0.1) is 11.6 Å². The van der Waals surface area contributed by atoms with Gasteiger partial charge in [-0.15, -0.1) is 0 Å². The molecule has 0 spiro atoms. The molecule has 1 aromatic carbocycles. The molecule has 0 aliphatic rings. The van der Waals surface area contributed by atoms with E-state index in [9.17, 15) is 8.42 Å². The van der Waals surface area contributed by atoms with E-state index in [4.69, 9.17) is 28.3 Å². The average Bonchev–Trinajstić information content (AvgIpc) is 2.48. The number of pyridine rings is 1. The van der Waals surface area contributed by atoms with E-state index in [2.05, 4.69) is 9.71 Å². The number of benzene rings is 1. The molecule has 0 amide bonds. The second kappa shape index (κ2) is 6.72. The Bertz CT molecular complexity index is 734. The zero-order valence-electron chi connectivity index (χ0n) is 10.8. The van der Waals surface area contributed by atoms with Gasteiger partial charge in [0, 0.05) is 12.7 Å². The van der Waals surface area contributed by atoms with Crippen LogP contribution < -0.4 is 4.72 Å². The summed E-state index contributed by atoms with van der Waals surface area (Å²) in [5.74, 6) is 0. The van der Waals surface area contributed by atoms with Crippen LogP contribution in [0.25, 0.3) is 0 Å². The number of aliphatic hydroxyl groups is 1. The van der Waals surface area contributed by atoms with E-state index >= 15 is 0 Å². The van der Waals surface area contributed by atoms with Crippen LogP contribution in [0.15, 0.2) is 41.4 Å². The molecule has 0 saturated heterocycles. The van der Waals surface area contributed by atoms with Gasteiger partial charge in [-0.2, -0.15) is 0 Å². The number of nitrogens with zero attached hydrogens (tertiary/aromatic N) is 1. The van der Waals surface area contributed by atoms with Gasteiger partial charge in [0.2, 0.25) is 10.0 Å². The lowest BCUT2D eigenvalue weighted by Crippen LogP contribution is -2.23. The minimum absolute atomic E-state index is 0.0511. The molecule has 2 rings (SSSR count). The third kappa shape index (κ3) is 4.15. The van der Waals surface area contributed by atoms with Crippen LogP contribution >= 0.6 is 23.2 Å². The van der Waals surface area contributed by atoms with E-state index in [-0.39, 0.29) is 28.2 Å². The predicted octanol–water partition coefficient (Wildman–Crippen LogP) is 2.36. The quantitative estimate of drug-likeness (QED) is 0.814. The molecule has 8 heteroatoms. The first kappa shape index (κ1) is 16.2. The third-order valence-electron chi connectivity index (χ3n) is 2.75. The van der Waals surface area contributed by atoms with Crippen molar-refractivity contribution in [2.75, 3.05) is 0 Å². The molecule has 21 heavy (non-hydrogen) atoms. The maximum absolute atomic E-state index is 12.1. The lowest BCUT2D eigenvalue weighted by Gasteiger charge is -2.08. The molecule has 1 heterocycles. The van der Waals surface area contributed by atoms with Crippen LogP contribution in [-0.2, 0) is 23.2 Å². The summed E-state index contributed by atoms with van der Waals surface area (Å²) >= 11 is 11.4. The van der Waals surface area contributed by atoms with Crippen LogP contribution in [0.1, 0.15) is 11.1 Å². The van der Waals surface area contributed by atoms with E-state index in [1.165, 1.54) is 6.07 Å². The fourth-order valence-corrected chi connectivity index (χ4v) is 2.90. The second-order valence-electron chi connectivity index (χ2n) is 4.24. The first-order chi connectivity index (χ1) is 9.92. The Morgan fingerprint density at radius 1 is 1.14 bits per heavy atom. The zero-order chi connectivity index (χ0) is 15.5. The zero-order valence-corrected chi connectivity index (χ0v) is 13.1. The van der Waals surface area contributed by atoms with Crippen LogP contribution in [0.5, 0.6) is 0 Å². The first-order valence-electron chi connectivity index (χ1n) is 5.92. The molecular weight excluding hydrogens is 335 g/mol. The molecule has 5 nitrogen and oxygen atoms in total. The molecule has 1 aromatic heterocycles. The van der Waals surface area contributed by atoms with Crippen LogP contribution in [0.4, 0.5) is 0 Å². The molecule has 0 aliphatic heterocycles. The van der Waals surface area contributed by atoms with E-state index in [0.717, 1.165) is 17.3 Å². The molecule has 0 bridgehead atoms. The predicted molar refractivity (Wildman–Crippen MR) is 80.6 cm³/mol. The van der Waals surface area contributed by atoms with Crippen molar-refractivity contribution >= 4 is 33.2 Å². The second-order valence-corrected chi connectivity index (χ2v) is 6.77. The van der Waals surface area contributed by atoms with Crippen LogP contribution in [-0.4, -0.2) is 18.5 Å². The van der Waals surface area contributed by atoms with Crippen molar-refractivity contribution in [3.8, 4) is 0 Å². The molecule has 2 aromatic rings. The van der Waals surface area contributed by atoms with Gasteiger partial charge in [0.25, 0.3) is 0 Å². The van der Waals surface area contributed by atoms with Crippen molar-refractivity contribution in [2.24, 2.45) is 0 Å². The first-order valence-corrected chi connectivity index (χ1v) is 8.15. The summed E-state index contributed by atoms with van der Waals surface area (Å²) in [6.45, 7) is 0.0647. The van der Waals surface area contributed by atoms with Gasteiger partial charge in [-0.25, -0.2) is 18.1 Å². The topological polar surface area (TPSA) is 79.3 Å². The third-order valence-corrected chi connectivity index (χ3v) is 4.81. The highest BCUT2D eigenvalue weighted by Gasteiger charge is 2.16. The molecule has 112 valence electrons. The van der Waals surface area contributed by atoms with E-state index < -0.39 is 10.0 Å². The smallest absolute Gasteiger partial charge is 0.242 e. The number of halogens is 2. The summed E-state index contributed by atoms with van der Waals surface area (Å²) < 4.78 is 26.6. The van der Waals surface area contributed by atoms with Crippen molar-refractivity contribution in [1.82, 2.24) is 9.71 Å². The molecule has 0 atom stereocenters. The van der Waals surface area contributed by atoms with Gasteiger partial charge in [-0.3, -0.25) is 0 Å². The SMILES string of the molecule is O=S(=O)(NCc1ccc(CO)cc1)c1cnc(Cl)c(Cl)c1. The normalized spacial score (nSPS) is 11.6. The standard InChI is InChI=1S/C13H12Cl2N2O3S/c14-12-5-11(7-16-13(12)15)21(19,20)17-6-9-1-3-10(8-18)4-2-9/h1-5,7,17-18H,6,8H2. The summed E-state index contributed by atoms with van der Waals surface area (Å²) in [4.78, 5) is 3.66. The number of sulfonamides is 1. The van der Waals surface area contributed by atoms with Gasteiger partial charge >= 0.3 is 0 Å². The number of nitrogens with one attached hydrogen (secondary N) is 1. The summed E-state index contributed by atoms with van der Waals surface area (Å²) in [5.41, 5.74) is 1.53. The van der Waals surface area contributed by atoms with Crippen LogP contribution in [0.2, 0.25) is 10.2 Å². The van der Waals surface area contributed by atoms with Crippen molar-refractivity contribution in [2.45, 2.75) is 18.0 Å². The largest absolute Gasteiger partial charge is 0.392 e. The van der Waals surface area contributed by atoms with Crippen LogP contribution in [0.3, 0.4) is 0 Å². The number of hydrogen-bond donors (Lipinski definition) is 2. The minimum Gasteiger partial charge on any atom is -0.392 e. The van der Waals surface area contributed by atoms with Crippen molar-refractivity contribution < 1.29 is 13.5 Å². The van der Waals surface area contributed by atoms with Gasteiger partial charge in [0.15, 0.2) is 0 Å². The van der Waals surface area contributed by atoms with E-state index in [0.29, 0.717) is 0 Å². The van der Waals surface area contributed by atoms with Crippen molar-refractivity contribution in [1.29, 1.82) is 0 Å². The Balaban J connectivity index is 2.11. The monoisotopic (exact) mass is 346 g/mol. The Morgan fingerprint density at radius 2 is 1.76 bits per heavy atom. The molecule has 0 unspecified atom stereocenters. The molecule has 0 aliphatic carbocycles. The van der Waals surface area contributed by atoms with Crippen molar-refractivity contribution in [3.05, 3.63) is 57.8 Å². The number of hydrogen-bond acceptors (Lipinski definition) is 4. The summed E-state index contributed by atoms with van der Waals surface area (Å²) in [5, 5.41) is 9.07. The highest BCUT2D eigenvalue weighted by atomic mass is 35.5. The van der Waals surface area contributed by atoms with Crippen molar-refractivity contribution in [3.63, 3.8) is 0 Å². The van der Waals surface area contributed by atoms with Gasteiger partial charge in [0.1, 0.15) is 10.0 Å². The van der Waals surface area contributed by atoms with Gasteiger partial charge in [-0.05, 0) is 17.2 Å². The number of aromatic nitrogens is 1. The molecule has 2 N–H and O–H groups in total. The average molecular weight is 347 g/mol. The molecule has 0 radical (unpaired) electrons. The maximum Gasteiger partial charge on any atom is 0.242 e. The molecule has 0 saturated carbocycles. The lowest BCUT2D eigenvalue weighted by molar-refractivity contribution is 0.282. The van der Waals surface area contributed by atoms with E-state index in [1.54, 1.807) is 24.3 Å². The van der Waals surface area contributed by atoms with Gasteiger partial charge < -0.3 is 5.11 Å². The maximum atomic E-state index is 12.1. The minimum atomic E-state index is -3.72. The fraction of sp³-hybridized carbons (Fsp3) is 0.154. The highest BCUT2D eigenvalue weighted by molar-refractivity contribution is 7.89. The van der Waals surface area contributed by atoms with Crippen LogP contribution in [0, 0.1) is 0 Å².